The number of rotatable bonds is 5. The molecule has 0 aromatic heterocycles. The largest absolute Gasteiger partial charge is 0.367 e. The number of nitro benzene ring substituents is 2. The first-order chi connectivity index (χ1) is 13.7. The summed E-state index contributed by atoms with van der Waals surface area (Å²) in [6, 6.07) is 7.90. The van der Waals surface area contributed by atoms with Crippen molar-refractivity contribution in [1.29, 1.82) is 0 Å². The molecule has 2 aromatic carbocycles. The van der Waals surface area contributed by atoms with Crippen molar-refractivity contribution in [1.82, 2.24) is 4.90 Å². The van der Waals surface area contributed by atoms with Crippen LogP contribution in [-0.4, -0.2) is 53.9 Å². The molecular weight excluding hydrogens is 402 g/mol. The van der Waals surface area contributed by atoms with Crippen LogP contribution < -0.4 is 10.2 Å². The highest BCUT2D eigenvalue weighted by Gasteiger charge is 2.22. The molecule has 0 spiro atoms. The molecule has 2 aromatic rings. The van der Waals surface area contributed by atoms with Gasteiger partial charge in [0.2, 0.25) is 0 Å². The Bertz CT molecular complexity index is 943. The summed E-state index contributed by atoms with van der Waals surface area (Å²) in [5.74, 6) is -0.700. The average Bonchev–Trinajstić information content (AvgIpc) is 2.68. The van der Waals surface area contributed by atoms with Crippen molar-refractivity contribution in [3.05, 3.63) is 67.2 Å². The van der Waals surface area contributed by atoms with Gasteiger partial charge in [0.25, 0.3) is 17.3 Å². The van der Waals surface area contributed by atoms with E-state index in [1.807, 2.05) is 7.05 Å². The monoisotopic (exact) mass is 419 g/mol. The number of likely N-dealkylation sites (N-methyl/N-ethyl adjacent to an activating group) is 1. The second-order valence-electron chi connectivity index (χ2n) is 6.66. The molecule has 1 aliphatic rings. The van der Waals surface area contributed by atoms with Gasteiger partial charge in [-0.15, -0.1) is 0 Å². The zero-order valence-electron chi connectivity index (χ0n) is 15.5. The first-order valence-electron chi connectivity index (χ1n) is 8.73. The van der Waals surface area contributed by atoms with Crippen LogP contribution >= 0.6 is 11.6 Å². The topological polar surface area (TPSA) is 122 Å². The SMILES string of the molecule is CN1CCN(c2ccc(Cl)cc2NC(=O)c2cc([N+](=O)[O-])cc([N+](=O)[O-])c2)CC1. The van der Waals surface area contributed by atoms with E-state index in [2.05, 4.69) is 15.1 Å². The van der Waals surface area contributed by atoms with Gasteiger partial charge in [-0.25, -0.2) is 0 Å². The maximum absolute atomic E-state index is 12.7. The fourth-order valence-electron chi connectivity index (χ4n) is 3.06. The van der Waals surface area contributed by atoms with E-state index in [0.29, 0.717) is 10.7 Å². The number of halogens is 1. The van der Waals surface area contributed by atoms with E-state index in [1.54, 1.807) is 18.2 Å². The van der Waals surface area contributed by atoms with Crippen LogP contribution in [0.1, 0.15) is 10.4 Å². The first-order valence-corrected chi connectivity index (χ1v) is 9.10. The number of carbonyl (C=O) groups excluding carboxylic acids is 1. The molecule has 0 bridgehead atoms. The molecule has 0 radical (unpaired) electrons. The number of carbonyl (C=O) groups is 1. The molecule has 152 valence electrons. The number of nitro groups is 2. The minimum Gasteiger partial charge on any atom is -0.367 e. The lowest BCUT2D eigenvalue weighted by molar-refractivity contribution is -0.394. The highest BCUT2D eigenvalue weighted by Crippen LogP contribution is 2.31. The summed E-state index contributed by atoms with van der Waals surface area (Å²) in [6.45, 7) is 3.22. The van der Waals surface area contributed by atoms with Gasteiger partial charge >= 0.3 is 0 Å². The van der Waals surface area contributed by atoms with Crippen molar-refractivity contribution in [2.45, 2.75) is 0 Å². The Labute approximate surface area is 171 Å². The van der Waals surface area contributed by atoms with Gasteiger partial charge in [0.1, 0.15) is 0 Å². The molecule has 10 nitrogen and oxygen atoms in total. The Balaban J connectivity index is 1.92. The number of hydrogen-bond acceptors (Lipinski definition) is 7. The summed E-state index contributed by atoms with van der Waals surface area (Å²) < 4.78 is 0. The minimum absolute atomic E-state index is 0.185. The fraction of sp³-hybridized carbons (Fsp3) is 0.278. The molecule has 0 atom stereocenters. The smallest absolute Gasteiger partial charge is 0.277 e. The van der Waals surface area contributed by atoms with Gasteiger partial charge in [-0.05, 0) is 25.2 Å². The van der Waals surface area contributed by atoms with Gasteiger partial charge in [0.15, 0.2) is 0 Å². The second kappa shape index (κ2) is 8.41. The Hall–Kier alpha value is -3.24. The number of piperazine rings is 1. The summed E-state index contributed by atoms with van der Waals surface area (Å²) >= 11 is 6.09. The molecule has 11 heteroatoms. The highest BCUT2D eigenvalue weighted by molar-refractivity contribution is 6.31. The third kappa shape index (κ3) is 4.79. The predicted molar refractivity (Wildman–Crippen MR) is 109 cm³/mol. The van der Waals surface area contributed by atoms with Gasteiger partial charge in [-0.2, -0.15) is 0 Å². The van der Waals surface area contributed by atoms with Crippen molar-refractivity contribution in [3.8, 4) is 0 Å². The van der Waals surface area contributed by atoms with Crippen molar-refractivity contribution in [2.75, 3.05) is 43.4 Å². The number of amides is 1. The number of nitrogens with zero attached hydrogens (tertiary/aromatic N) is 4. The molecular formula is C18H18ClN5O5. The predicted octanol–water partition coefficient (Wildman–Crippen LogP) is 3.16. The van der Waals surface area contributed by atoms with Crippen LogP contribution in [0.4, 0.5) is 22.7 Å². The molecule has 0 aliphatic carbocycles. The van der Waals surface area contributed by atoms with Crippen LogP contribution in [0.25, 0.3) is 0 Å². The van der Waals surface area contributed by atoms with E-state index < -0.39 is 27.1 Å². The number of non-ortho nitro benzene ring substituents is 2. The van der Waals surface area contributed by atoms with Crippen LogP contribution in [-0.2, 0) is 0 Å². The number of anilines is 2. The second-order valence-corrected chi connectivity index (χ2v) is 7.09. The Morgan fingerprint density at radius 1 is 1.00 bits per heavy atom. The molecule has 1 N–H and O–H groups in total. The molecule has 1 fully saturated rings. The van der Waals surface area contributed by atoms with Gasteiger partial charge in [-0.1, -0.05) is 11.6 Å². The zero-order valence-corrected chi connectivity index (χ0v) is 16.3. The lowest BCUT2D eigenvalue weighted by atomic mass is 10.1. The van der Waals surface area contributed by atoms with Gasteiger partial charge < -0.3 is 15.1 Å². The minimum atomic E-state index is -0.779. The number of benzene rings is 2. The van der Waals surface area contributed by atoms with Crippen molar-refractivity contribution in [3.63, 3.8) is 0 Å². The van der Waals surface area contributed by atoms with Crippen LogP contribution in [0.2, 0.25) is 5.02 Å². The molecule has 0 saturated carbocycles. The number of nitrogens with one attached hydrogen (secondary N) is 1. The quantitative estimate of drug-likeness (QED) is 0.583. The van der Waals surface area contributed by atoms with Gasteiger partial charge in [0.05, 0.1) is 32.9 Å². The Morgan fingerprint density at radius 3 is 2.14 bits per heavy atom. The van der Waals surface area contributed by atoms with Crippen molar-refractivity contribution in [2.24, 2.45) is 0 Å². The van der Waals surface area contributed by atoms with Crippen molar-refractivity contribution >= 4 is 40.3 Å². The third-order valence-corrected chi connectivity index (χ3v) is 4.87. The maximum Gasteiger partial charge on any atom is 0.277 e. The van der Waals surface area contributed by atoms with Gasteiger partial charge in [-0.3, -0.25) is 25.0 Å². The van der Waals surface area contributed by atoms with Crippen LogP contribution in [0.3, 0.4) is 0 Å². The van der Waals surface area contributed by atoms with E-state index >= 15 is 0 Å². The zero-order chi connectivity index (χ0) is 21.1. The lowest BCUT2D eigenvalue weighted by Crippen LogP contribution is -2.44. The van der Waals surface area contributed by atoms with Gasteiger partial charge in [0, 0.05) is 43.3 Å². The standard InChI is InChI=1S/C18H18ClN5O5/c1-21-4-6-22(7-5-21)17-3-2-13(19)10-16(17)20-18(25)12-8-14(23(26)27)11-15(9-12)24(28)29/h2-3,8-11H,4-7H2,1H3,(H,20,25). The average molecular weight is 420 g/mol. The van der Waals surface area contributed by atoms with E-state index in [9.17, 15) is 25.0 Å². The Morgan fingerprint density at radius 2 is 1.59 bits per heavy atom. The third-order valence-electron chi connectivity index (χ3n) is 4.64. The van der Waals surface area contributed by atoms with Crippen LogP contribution in [0, 0.1) is 20.2 Å². The fourth-order valence-corrected chi connectivity index (χ4v) is 3.24. The summed E-state index contributed by atoms with van der Waals surface area (Å²) in [5.41, 5.74) is -0.0586. The van der Waals surface area contributed by atoms with E-state index in [4.69, 9.17) is 11.6 Å². The molecule has 3 rings (SSSR count). The van der Waals surface area contributed by atoms with Crippen LogP contribution in [0.15, 0.2) is 36.4 Å². The summed E-state index contributed by atoms with van der Waals surface area (Å²) in [6.07, 6.45) is 0. The molecule has 1 saturated heterocycles. The molecule has 1 aliphatic heterocycles. The van der Waals surface area contributed by atoms with E-state index in [-0.39, 0.29) is 5.56 Å². The molecule has 29 heavy (non-hydrogen) atoms. The van der Waals surface area contributed by atoms with Crippen LogP contribution in [0.5, 0.6) is 0 Å². The summed E-state index contributed by atoms with van der Waals surface area (Å²) in [5, 5.41) is 25.2. The summed E-state index contributed by atoms with van der Waals surface area (Å²) in [7, 11) is 2.02. The molecule has 0 unspecified atom stereocenters. The van der Waals surface area contributed by atoms with E-state index in [0.717, 1.165) is 50.1 Å². The molecule has 1 amide bonds. The normalized spacial score (nSPS) is 14.5. The number of hydrogen-bond donors (Lipinski definition) is 1. The molecule has 1 heterocycles. The summed E-state index contributed by atoms with van der Waals surface area (Å²) in [4.78, 5) is 37.6. The van der Waals surface area contributed by atoms with E-state index in [1.165, 1.54) is 0 Å². The Kier molecular flexibility index (Phi) is 5.95. The first kappa shape index (κ1) is 20.5. The lowest BCUT2D eigenvalue weighted by Gasteiger charge is -2.35. The highest BCUT2D eigenvalue weighted by atomic mass is 35.5. The van der Waals surface area contributed by atoms with Crippen molar-refractivity contribution < 1.29 is 14.6 Å². The maximum atomic E-state index is 12.7.